The third kappa shape index (κ3) is 12.0. The molecule has 0 aliphatic rings. The lowest BCUT2D eigenvalue weighted by Crippen LogP contribution is -2.45. The minimum atomic E-state index is -3.56. The summed E-state index contributed by atoms with van der Waals surface area (Å²) in [6.45, 7) is -9.92. The Bertz CT molecular complexity index is 507. The number of aliphatic carboxylic acids is 1. The molecule has 0 aliphatic heterocycles. The van der Waals surface area contributed by atoms with Crippen molar-refractivity contribution in [3.63, 3.8) is 0 Å². The number of carbonyl (C=O) groups is 2. The summed E-state index contributed by atoms with van der Waals surface area (Å²) >= 11 is 0. The fourth-order valence-corrected chi connectivity index (χ4v) is 1.75. The summed E-state index contributed by atoms with van der Waals surface area (Å²) in [5, 5.41) is 11.0. The molecule has 20 heavy (non-hydrogen) atoms. The van der Waals surface area contributed by atoms with Crippen LogP contribution in [0.4, 0.5) is 0 Å². The first kappa shape index (κ1) is 8.37. The van der Waals surface area contributed by atoms with E-state index in [0.717, 1.165) is 25.7 Å². The molecule has 0 radical (unpaired) electrons. The largest absolute Gasteiger partial charge is 0.550 e. The normalized spacial score (nSPS) is 21.6. The van der Waals surface area contributed by atoms with Crippen molar-refractivity contribution >= 4 is 11.9 Å². The molecule has 0 aromatic rings. The number of hydrogen-bond donors (Lipinski definition) is 0. The average Bonchev–Trinajstić information content (AvgIpc) is 2.47. The van der Waals surface area contributed by atoms with Crippen LogP contribution in [0.25, 0.3) is 0 Å². The SMILES string of the molecule is [2H]C([2H])([2H])[N+](C[C@@H](CC(=O)[O-])OC(=O)CCCCCCC)(C([2H])([2H])[2H])C([2H])([2H])[2H]. The number of unbranched alkanes of at least 4 members (excludes halogenated alkanes) is 4. The van der Waals surface area contributed by atoms with Gasteiger partial charge in [-0.25, -0.2) is 0 Å². The zero-order valence-corrected chi connectivity index (χ0v) is 11.8. The minimum Gasteiger partial charge on any atom is -0.550 e. The van der Waals surface area contributed by atoms with Crippen molar-refractivity contribution in [3.05, 3.63) is 0 Å². The van der Waals surface area contributed by atoms with Crippen LogP contribution in [0.15, 0.2) is 0 Å². The van der Waals surface area contributed by atoms with Gasteiger partial charge in [0.25, 0.3) is 0 Å². The molecular weight excluding hydrogens is 258 g/mol. The van der Waals surface area contributed by atoms with Gasteiger partial charge in [-0.05, 0) is 6.42 Å². The van der Waals surface area contributed by atoms with Gasteiger partial charge in [-0.3, -0.25) is 4.79 Å². The second-order valence-electron chi connectivity index (χ2n) is 4.84. The fourth-order valence-electron chi connectivity index (χ4n) is 1.75. The van der Waals surface area contributed by atoms with E-state index in [2.05, 4.69) is 0 Å². The topological polar surface area (TPSA) is 66.4 Å². The first-order valence-corrected chi connectivity index (χ1v) is 6.77. The summed E-state index contributed by atoms with van der Waals surface area (Å²) in [6, 6.07) is 0. The van der Waals surface area contributed by atoms with Gasteiger partial charge in [0.15, 0.2) is 6.10 Å². The van der Waals surface area contributed by atoms with E-state index in [1.165, 1.54) is 0 Å². The summed E-state index contributed by atoms with van der Waals surface area (Å²) in [6.07, 6.45) is 1.16. The Kier molecular flexibility index (Phi) is 4.08. The average molecular weight is 296 g/mol. The number of carboxylic acids is 1. The lowest BCUT2D eigenvalue weighted by Gasteiger charge is -2.29. The van der Waals surface area contributed by atoms with Gasteiger partial charge in [0.2, 0.25) is 0 Å². The molecule has 0 N–H and O–H groups in total. The van der Waals surface area contributed by atoms with Gasteiger partial charge in [0, 0.05) is 18.8 Å². The lowest BCUT2D eigenvalue weighted by atomic mass is 10.1. The molecule has 0 amide bonds. The molecule has 118 valence electrons. The second-order valence-corrected chi connectivity index (χ2v) is 4.84. The number of likely N-dealkylation sites (N-methyl/N-ethyl adjacent to an activating group) is 1. The van der Waals surface area contributed by atoms with Crippen molar-refractivity contribution in [2.24, 2.45) is 0 Å². The van der Waals surface area contributed by atoms with Gasteiger partial charge in [0.1, 0.15) is 6.54 Å². The Hall–Kier alpha value is -1.10. The summed E-state index contributed by atoms with van der Waals surface area (Å²) in [4.78, 5) is 23.1. The molecule has 1 atom stereocenters. The number of carbonyl (C=O) groups excluding carboxylic acids is 2. The van der Waals surface area contributed by atoms with E-state index in [0.29, 0.717) is 6.42 Å². The Morgan fingerprint density at radius 1 is 1.20 bits per heavy atom. The van der Waals surface area contributed by atoms with Crippen molar-refractivity contribution in [3.8, 4) is 0 Å². The van der Waals surface area contributed by atoms with Crippen molar-refractivity contribution in [2.45, 2.75) is 58.0 Å². The third-order valence-electron chi connectivity index (χ3n) is 2.65. The van der Waals surface area contributed by atoms with E-state index in [4.69, 9.17) is 17.1 Å². The zero-order valence-electron chi connectivity index (χ0n) is 20.8. The monoisotopic (exact) mass is 296 g/mol. The highest BCUT2D eigenvalue weighted by atomic mass is 16.5. The number of quaternary nitrogens is 1. The zero-order chi connectivity index (χ0) is 23.1. The molecule has 0 saturated heterocycles. The van der Waals surface area contributed by atoms with Gasteiger partial charge in [-0.15, -0.1) is 0 Å². The smallest absolute Gasteiger partial charge is 0.306 e. The minimum absolute atomic E-state index is 0.0808. The van der Waals surface area contributed by atoms with Crippen LogP contribution in [0.2, 0.25) is 0 Å². The summed E-state index contributed by atoms with van der Waals surface area (Å²) in [5.41, 5.74) is 0. The molecule has 0 heterocycles. The highest BCUT2D eigenvalue weighted by Crippen LogP contribution is 2.09. The molecule has 0 aromatic carbocycles. The lowest BCUT2D eigenvalue weighted by molar-refractivity contribution is -0.873. The Balaban J connectivity index is 5.62. The summed E-state index contributed by atoms with van der Waals surface area (Å²) in [5.74, 6) is -2.59. The fraction of sp³-hybridized carbons (Fsp3) is 0.867. The van der Waals surface area contributed by atoms with E-state index in [1.54, 1.807) is 0 Å². The van der Waals surface area contributed by atoms with Crippen LogP contribution in [0.1, 0.15) is 64.2 Å². The number of nitrogens with zero attached hydrogens (tertiary/aromatic N) is 1. The number of carboxylic acid groups (broad SMARTS) is 1. The van der Waals surface area contributed by atoms with Crippen molar-refractivity contribution < 1.29 is 36.3 Å². The van der Waals surface area contributed by atoms with Gasteiger partial charge < -0.3 is 19.1 Å². The molecule has 0 unspecified atom stereocenters. The van der Waals surface area contributed by atoms with Crippen LogP contribution in [-0.4, -0.2) is 50.0 Å². The molecule has 5 nitrogen and oxygen atoms in total. The predicted molar refractivity (Wildman–Crippen MR) is 75.8 cm³/mol. The van der Waals surface area contributed by atoms with Gasteiger partial charge >= 0.3 is 5.97 Å². The highest BCUT2D eigenvalue weighted by Gasteiger charge is 2.22. The molecule has 5 heteroatoms. The van der Waals surface area contributed by atoms with Crippen LogP contribution in [-0.2, 0) is 14.3 Å². The third-order valence-corrected chi connectivity index (χ3v) is 2.65. The van der Waals surface area contributed by atoms with Crippen LogP contribution in [0.5, 0.6) is 0 Å². The van der Waals surface area contributed by atoms with Crippen LogP contribution in [0.3, 0.4) is 0 Å². The van der Waals surface area contributed by atoms with Gasteiger partial charge in [-0.2, -0.15) is 0 Å². The standard InChI is InChI=1S/C15H29NO4/c1-5-6-7-8-9-10-15(19)20-13(11-14(17)18)12-16(2,3)4/h13H,5-12H2,1-4H3/t13-/m1/s1/i2D3,3D3,4D3. The molecular formula is C15H29NO4. The molecule has 0 fully saturated rings. The predicted octanol–water partition coefficient (Wildman–Crippen LogP) is 1.10. The number of hydrogen-bond acceptors (Lipinski definition) is 4. The highest BCUT2D eigenvalue weighted by molar-refractivity contribution is 5.70. The number of ether oxygens (including phenoxy) is 1. The van der Waals surface area contributed by atoms with E-state index < -0.39 is 56.4 Å². The molecule has 0 spiro atoms. The maximum Gasteiger partial charge on any atom is 0.306 e. The van der Waals surface area contributed by atoms with Gasteiger partial charge in [-0.1, -0.05) is 32.6 Å². The van der Waals surface area contributed by atoms with Gasteiger partial charge in [0.05, 0.1) is 33.3 Å². The number of esters is 1. The summed E-state index contributed by atoms with van der Waals surface area (Å²) in [7, 11) is 0. The molecule has 0 rings (SSSR count). The maximum absolute atomic E-state index is 12.0. The van der Waals surface area contributed by atoms with Crippen molar-refractivity contribution in [1.82, 2.24) is 0 Å². The first-order valence-electron chi connectivity index (χ1n) is 11.3. The molecule has 0 aliphatic carbocycles. The quantitative estimate of drug-likeness (QED) is 0.325. The van der Waals surface area contributed by atoms with E-state index >= 15 is 0 Å². The Morgan fingerprint density at radius 3 is 2.40 bits per heavy atom. The Morgan fingerprint density at radius 2 is 1.85 bits per heavy atom. The van der Waals surface area contributed by atoms with Crippen LogP contribution in [0, 0.1) is 0 Å². The molecule has 0 aromatic heterocycles. The molecule has 0 bridgehead atoms. The van der Waals surface area contributed by atoms with E-state index in [-0.39, 0.29) is 6.42 Å². The first-order chi connectivity index (χ1) is 13.0. The van der Waals surface area contributed by atoms with E-state index in [1.807, 2.05) is 6.92 Å². The molecule has 0 saturated carbocycles. The van der Waals surface area contributed by atoms with Crippen LogP contribution < -0.4 is 5.11 Å². The maximum atomic E-state index is 12.0. The van der Waals surface area contributed by atoms with Crippen LogP contribution >= 0.6 is 0 Å². The van der Waals surface area contributed by atoms with Crippen molar-refractivity contribution in [1.29, 1.82) is 0 Å². The number of rotatable bonds is 11. The Labute approximate surface area is 135 Å². The second kappa shape index (κ2) is 9.75. The van der Waals surface area contributed by atoms with Crippen molar-refractivity contribution in [2.75, 3.05) is 27.5 Å². The van der Waals surface area contributed by atoms with E-state index in [9.17, 15) is 14.7 Å². The summed E-state index contributed by atoms with van der Waals surface area (Å²) < 4.78 is 70.7.